The first-order valence-corrected chi connectivity index (χ1v) is 9.01. The van der Waals surface area contributed by atoms with E-state index in [2.05, 4.69) is 27.4 Å². The number of nitrogens with zero attached hydrogens (tertiary/aromatic N) is 2. The van der Waals surface area contributed by atoms with Gasteiger partial charge >= 0.3 is 0 Å². The van der Waals surface area contributed by atoms with Gasteiger partial charge in [0.25, 0.3) is 0 Å². The second-order valence-electron chi connectivity index (χ2n) is 4.14. The van der Waals surface area contributed by atoms with Gasteiger partial charge in [-0.2, -0.15) is 0 Å². The lowest BCUT2D eigenvalue weighted by molar-refractivity contribution is -0.119. The summed E-state index contributed by atoms with van der Waals surface area (Å²) in [5, 5.41) is 16.8. The number of anilines is 1. The largest absolute Gasteiger partial charge is 0.357 e. The lowest BCUT2D eigenvalue weighted by Gasteiger charge is -2.11. The summed E-state index contributed by atoms with van der Waals surface area (Å²) in [6, 6.07) is 4.04. The third-order valence-corrected chi connectivity index (χ3v) is 5.55. The zero-order valence-electron chi connectivity index (χ0n) is 11.5. The van der Waals surface area contributed by atoms with Gasteiger partial charge in [-0.1, -0.05) is 35.2 Å². The average Bonchev–Trinajstić information content (AvgIpc) is 3.14. The van der Waals surface area contributed by atoms with Crippen LogP contribution in [0, 0.1) is 0 Å². The molecule has 112 valence electrons. The first-order chi connectivity index (χ1) is 10.2. The van der Waals surface area contributed by atoms with Gasteiger partial charge in [0.05, 0.1) is 11.8 Å². The Labute approximate surface area is 135 Å². The Morgan fingerprint density at radius 2 is 2.43 bits per heavy atom. The van der Waals surface area contributed by atoms with Gasteiger partial charge in [0.15, 0.2) is 4.34 Å². The zero-order valence-corrected chi connectivity index (χ0v) is 14.0. The zero-order chi connectivity index (χ0) is 15.1. The quantitative estimate of drug-likeness (QED) is 0.571. The van der Waals surface area contributed by atoms with Gasteiger partial charge in [-0.25, -0.2) is 0 Å². The monoisotopic (exact) mass is 340 g/mol. The lowest BCUT2D eigenvalue weighted by Crippen LogP contribution is -2.27. The Balaban J connectivity index is 1.75. The van der Waals surface area contributed by atoms with E-state index in [1.807, 2.05) is 24.4 Å². The first-order valence-electron chi connectivity index (χ1n) is 6.33. The molecule has 0 spiro atoms. The van der Waals surface area contributed by atoms with Gasteiger partial charge in [0.1, 0.15) is 0 Å². The standard InChI is InChI=1S/C13H16N4OS3/c1-3-6-14-12-16-17-13(21-12)20-8-11(18)15-9(2)10-5-4-7-19-10/h3-5,7,9H,1,6,8H2,2H3,(H,14,16)(H,15,18)/t9-/m1/s1. The molecule has 21 heavy (non-hydrogen) atoms. The van der Waals surface area contributed by atoms with Crippen molar-refractivity contribution in [3.8, 4) is 0 Å². The van der Waals surface area contributed by atoms with Crippen molar-refractivity contribution in [3.63, 3.8) is 0 Å². The van der Waals surface area contributed by atoms with Gasteiger partial charge < -0.3 is 10.6 Å². The predicted molar refractivity (Wildman–Crippen MR) is 90.2 cm³/mol. The number of nitrogens with one attached hydrogen (secondary N) is 2. The van der Waals surface area contributed by atoms with Crippen molar-refractivity contribution in [2.24, 2.45) is 0 Å². The minimum atomic E-state index is -0.00305. The smallest absolute Gasteiger partial charge is 0.230 e. The number of hydrogen-bond acceptors (Lipinski definition) is 7. The number of carbonyl (C=O) groups excluding carboxylic acids is 1. The van der Waals surface area contributed by atoms with Crippen LogP contribution in [0.1, 0.15) is 17.8 Å². The number of rotatable bonds is 8. The van der Waals surface area contributed by atoms with E-state index in [1.165, 1.54) is 23.1 Å². The second kappa shape index (κ2) is 8.16. The van der Waals surface area contributed by atoms with E-state index in [0.29, 0.717) is 12.3 Å². The molecule has 2 aromatic rings. The fourth-order valence-corrected chi connectivity index (χ4v) is 3.82. The highest BCUT2D eigenvalue weighted by Gasteiger charge is 2.12. The van der Waals surface area contributed by atoms with E-state index >= 15 is 0 Å². The van der Waals surface area contributed by atoms with Crippen LogP contribution >= 0.6 is 34.4 Å². The highest BCUT2D eigenvalue weighted by Crippen LogP contribution is 2.25. The average molecular weight is 340 g/mol. The minimum Gasteiger partial charge on any atom is -0.357 e. The highest BCUT2D eigenvalue weighted by molar-refractivity contribution is 8.01. The molecular weight excluding hydrogens is 324 g/mol. The molecule has 0 aliphatic carbocycles. The number of aromatic nitrogens is 2. The summed E-state index contributed by atoms with van der Waals surface area (Å²) in [4.78, 5) is 13.1. The van der Waals surface area contributed by atoms with Crippen molar-refractivity contribution >= 4 is 45.5 Å². The molecule has 5 nitrogen and oxygen atoms in total. The molecule has 0 aromatic carbocycles. The van der Waals surface area contributed by atoms with E-state index in [0.717, 1.165) is 14.3 Å². The number of hydrogen-bond donors (Lipinski definition) is 2. The summed E-state index contributed by atoms with van der Waals surface area (Å²) in [6.45, 7) is 6.26. The minimum absolute atomic E-state index is 0.00305. The van der Waals surface area contributed by atoms with Crippen LogP contribution in [0.5, 0.6) is 0 Å². The van der Waals surface area contributed by atoms with Gasteiger partial charge in [-0.15, -0.1) is 28.1 Å². The molecule has 0 aliphatic rings. The summed E-state index contributed by atoms with van der Waals surface area (Å²) in [5.74, 6) is 0.336. The van der Waals surface area contributed by atoms with E-state index in [1.54, 1.807) is 17.4 Å². The number of amides is 1. The Hall–Kier alpha value is -1.38. The van der Waals surface area contributed by atoms with Crippen LogP contribution in [0.25, 0.3) is 0 Å². The molecule has 0 saturated heterocycles. The molecule has 2 heterocycles. The van der Waals surface area contributed by atoms with E-state index in [9.17, 15) is 4.79 Å². The topological polar surface area (TPSA) is 66.9 Å². The maximum absolute atomic E-state index is 11.9. The molecule has 0 unspecified atom stereocenters. The normalized spacial score (nSPS) is 11.9. The van der Waals surface area contributed by atoms with E-state index < -0.39 is 0 Å². The molecule has 0 radical (unpaired) electrons. The van der Waals surface area contributed by atoms with Crippen LogP contribution < -0.4 is 10.6 Å². The van der Waals surface area contributed by atoms with Crippen molar-refractivity contribution in [2.75, 3.05) is 17.6 Å². The Morgan fingerprint density at radius 3 is 3.14 bits per heavy atom. The molecule has 0 bridgehead atoms. The number of thiophene rings is 1. The third kappa shape index (κ3) is 5.14. The molecule has 0 fully saturated rings. The molecule has 0 aliphatic heterocycles. The van der Waals surface area contributed by atoms with Crippen molar-refractivity contribution in [1.29, 1.82) is 0 Å². The molecule has 0 saturated carbocycles. The third-order valence-electron chi connectivity index (χ3n) is 2.48. The maximum atomic E-state index is 11.9. The Bertz CT molecular complexity index is 582. The molecule has 2 aromatic heterocycles. The van der Waals surface area contributed by atoms with Crippen molar-refractivity contribution in [2.45, 2.75) is 17.3 Å². The summed E-state index contributed by atoms with van der Waals surface area (Å²) < 4.78 is 0.778. The summed E-state index contributed by atoms with van der Waals surface area (Å²) in [6.07, 6.45) is 1.76. The highest BCUT2D eigenvalue weighted by atomic mass is 32.2. The van der Waals surface area contributed by atoms with Gasteiger partial charge in [-0.05, 0) is 18.4 Å². The maximum Gasteiger partial charge on any atom is 0.230 e. The van der Waals surface area contributed by atoms with Crippen molar-refractivity contribution < 1.29 is 4.79 Å². The van der Waals surface area contributed by atoms with Gasteiger partial charge in [0, 0.05) is 11.4 Å². The molecule has 2 N–H and O–H groups in total. The number of thioether (sulfide) groups is 1. The van der Waals surface area contributed by atoms with Crippen LogP contribution in [0.3, 0.4) is 0 Å². The molecule has 2 rings (SSSR count). The van der Waals surface area contributed by atoms with Crippen molar-refractivity contribution in [3.05, 3.63) is 35.0 Å². The summed E-state index contributed by atoms with van der Waals surface area (Å²) in [7, 11) is 0. The van der Waals surface area contributed by atoms with Crippen LogP contribution in [-0.2, 0) is 4.79 Å². The fourth-order valence-electron chi connectivity index (χ4n) is 1.52. The summed E-state index contributed by atoms with van der Waals surface area (Å²) in [5.41, 5.74) is 0. The Kier molecular flexibility index (Phi) is 6.21. The SMILES string of the molecule is C=CCNc1nnc(SCC(=O)N[C@H](C)c2cccs2)s1. The molecule has 1 atom stereocenters. The van der Waals surface area contributed by atoms with Crippen molar-refractivity contribution in [1.82, 2.24) is 15.5 Å². The van der Waals surface area contributed by atoms with Crippen LogP contribution in [-0.4, -0.2) is 28.4 Å². The molecule has 1 amide bonds. The van der Waals surface area contributed by atoms with Crippen LogP contribution in [0.4, 0.5) is 5.13 Å². The lowest BCUT2D eigenvalue weighted by atomic mass is 10.3. The number of carbonyl (C=O) groups is 1. The van der Waals surface area contributed by atoms with Gasteiger partial charge in [0.2, 0.25) is 11.0 Å². The van der Waals surface area contributed by atoms with E-state index in [4.69, 9.17) is 0 Å². The Morgan fingerprint density at radius 1 is 1.57 bits per heavy atom. The predicted octanol–water partition coefficient (Wildman–Crippen LogP) is 3.17. The van der Waals surface area contributed by atoms with Crippen LogP contribution in [0.15, 0.2) is 34.5 Å². The molecular formula is C13H16N4OS3. The van der Waals surface area contributed by atoms with Gasteiger partial charge in [-0.3, -0.25) is 4.79 Å². The molecule has 8 heteroatoms. The first kappa shape index (κ1) is 16.0. The second-order valence-corrected chi connectivity index (χ2v) is 7.32. The summed E-state index contributed by atoms with van der Waals surface area (Å²) >= 11 is 4.47. The van der Waals surface area contributed by atoms with E-state index in [-0.39, 0.29) is 11.9 Å². The fraction of sp³-hybridized carbons (Fsp3) is 0.308. The van der Waals surface area contributed by atoms with Crippen LogP contribution in [0.2, 0.25) is 0 Å².